The van der Waals surface area contributed by atoms with Crippen LogP contribution in [0, 0.1) is 3.57 Å². The van der Waals surface area contributed by atoms with E-state index in [2.05, 4.69) is 46.7 Å². The van der Waals surface area contributed by atoms with Crippen LogP contribution in [0.4, 0.5) is 0 Å². The van der Waals surface area contributed by atoms with Crippen molar-refractivity contribution in [3.8, 4) is 0 Å². The van der Waals surface area contributed by atoms with Crippen molar-refractivity contribution in [3.05, 3.63) is 33.4 Å². The van der Waals surface area contributed by atoms with E-state index in [0.717, 1.165) is 47.9 Å². The Bertz CT molecular complexity index is 545. The minimum atomic E-state index is 0.0588. The summed E-state index contributed by atoms with van der Waals surface area (Å²) in [6.07, 6.45) is 5.12. The molecule has 1 heterocycles. The zero-order valence-corrected chi connectivity index (χ0v) is 16.7. The summed E-state index contributed by atoms with van der Waals surface area (Å²) in [6.45, 7) is 6.40. The van der Waals surface area contributed by atoms with E-state index < -0.39 is 0 Å². The predicted octanol–water partition coefficient (Wildman–Crippen LogP) is 3.44. The Labute approximate surface area is 158 Å². The van der Waals surface area contributed by atoms with E-state index >= 15 is 0 Å². The lowest BCUT2D eigenvalue weighted by Crippen LogP contribution is -2.52. The van der Waals surface area contributed by atoms with Gasteiger partial charge in [-0.2, -0.15) is 0 Å². The largest absolute Gasteiger partial charge is 0.373 e. The fourth-order valence-corrected chi connectivity index (χ4v) is 4.33. The number of hydrogen-bond donors (Lipinski definition) is 1. The molecule has 2 fully saturated rings. The van der Waals surface area contributed by atoms with Gasteiger partial charge in [0.1, 0.15) is 0 Å². The van der Waals surface area contributed by atoms with Crippen molar-refractivity contribution in [1.29, 1.82) is 0 Å². The molecule has 1 N–H and O–H groups in total. The number of hydrogen-bond acceptors (Lipinski definition) is 3. The third-order valence-electron chi connectivity index (χ3n) is 5.10. The van der Waals surface area contributed by atoms with Crippen LogP contribution in [0.3, 0.4) is 0 Å². The highest BCUT2D eigenvalue weighted by Crippen LogP contribution is 2.26. The molecular weight excluding hydrogens is 415 g/mol. The van der Waals surface area contributed by atoms with Gasteiger partial charge in [0.05, 0.1) is 12.2 Å². The molecule has 1 aliphatic carbocycles. The number of benzene rings is 1. The predicted molar refractivity (Wildman–Crippen MR) is 104 cm³/mol. The number of rotatable bonds is 3. The van der Waals surface area contributed by atoms with Gasteiger partial charge in [-0.15, -0.1) is 0 Å². The van der Waals surface area contributed by atoms with Gasteiger partial charge in [0, 0.05) is 34.3 Å². The third-order valence-corrected chi connectivity index (χ3v) is 5.82. The molecule has 0 spiro atoms. The van der Waals surface area contributed by atoms with E-state index in [1.165, 1.54) is 0 Å². The summed E-state index contributed by atoms with van der Waals surface area (Å²) in [7, 11) is 0. The van der Waals surface area contributed by atoms with E-state index in [1.54, 1.807) is 0 Å². The van der Waals surface area contributed by atoms with E-state index in [-0.39, 0.29) is 5.91 Å². The van der Waals surface area contributed by atoms with Gasteiger partial charge >= 0.3 is 0 Å². The molecule has 0 aromatic heterocycles. The highest BCUT2D eigenvalue weighted by atomic mass is 127. The van der Waals surface area contributed by atoms with Crippen molar-refractivity contribution in [3.63, 3.8) is 0 Å². The van der Waals surface area contributed by atoms with Gasteiger partial charge in [-0.05, 0) is 86.4 Å². The Kier molecular flexibility index (Phi) is 6.16. The van der Waals surface area contributed by atoms with Crippen molar-refractivity contribution in [2.24, 2.45) is 0 Å². The van der Waals surface area contributed by atoms with Gasteiger partial charge in [0.2, 0.25) is 0 Å². The zero-order chi connectivity index (χ0) is 17.1. The van der Waals surface area contributed by atoms with Gasteiger partial charge in [-0.1, -0.05) is 0 Å². The van der Waals surface area contributed by atoms with Gasteiger partial charge in [-0.25, -0.2) is 0 Å². The molecule has 1 aromatic carbocycles. The quantitative estimate of drug-likeness (QED) is 0.730. The van der Waals surface area contributed by atoms with Crippen molar-refractivity contribution in [2.75, 3.05) is 13.1 Å². The van der Waals surface area contributed by atoms with Crippen LogP contribution < -0.4 is 5.32 Å². The highest BCUT2D eigenvalue weighted by molar-refractivity contribution is 14.1. The molecule has 1 saturated carbocycles. The summed E-state index contributed by atoms with van der Waals surface area (Å²) in [4.78, 5) is 14.9. The fourth-order valence-electron chi connectivity index (χ4n) is 3.97. The topological polar surface area (TPSA) is 41.6 Å². The second kappa shape index (κ2) is 8.15. The summed E-state index contributed by atoms with van der Waals surface area (Å²) < 4.78 is 6.99. The fraction of sp³-hybridized carbons (Fsp3) is 0.632. The van der Waals surface area contributed by atoms with Crippen molar-refractivity contribution >= 4 is 28.5 Å². The molecule has 1 amide bonds. The van der Waals surface area contributed by atoms with Crippen LogP contribution in [0.15, 0.2) is 24.3 Å². The normalized spacial score (nSPS) is 31.6. The molecule has 0 radical (unpaired) electrons. The number of carbonyl (C=O) groups is 1. The molecule has 4 nitrogen and oxygen atoms in total. The van der Waals surface area contributed by atoms with Crippen LogP contribution in [0.5, 0.6) is 0 Å². The first kappa shape index (κ1) is 18.1. The maximum absolute atomic E-state index is 12.4. The second-order valence-corrected chi connectivity index (χ2v) is 8.44. The molecule has 1 aromatic rings. The van der Waals surface area contributed by atoms with E-state index in [0.29, 0.717) is 24.3 Å². The van der Waals surface area contributed by atoms with E-state index in [9.17, 15) is 4.79 Å². The Balaban J connectivity index is 1.48. The van der Waals surface area contributed by atoms with Crippen LogP contribution >= 0.6 is 22.6 Å². The Morgan fingerprint density at radius 2 is 1.67 bits per heavy atom. The molecule has 132 valence electrons. The summed E-state index contributed by atoms with van der Waals surface area (Å²) in [5, 5.41) is 3.21. The van der Waals surface area contributed by atoms with E-state index in [1.807, 2.05) is 24.3 Å². The van der Waals surface area contributed by atoms with Crippen LogP contribution in [-0.2, 0) is 4.74 Å². The smallest absolute Gasteiger partial charge is 0.251 e. The molecule has 2 aliphatic rings. The molecule has 5 heteroatoms. The third kappa shape index (κ3) is 4.70. The molecule has 24 heavy (non-hydrogen) atoms. The number of amides is 1. The number of nitrogens with zero attached hydrogens (tertiary/aromatic N) is 1. The first-order valence-electron chi connectivity index (χ1n) is 8.97. The Morgan fingerprint density at radius 1 is 1.08 bits per heavy atom. The molecule has 2 atom stereocenters. The molecule has 0 bridgehead atoms. The van der Waals surface area contributed by atoms with Crippen LogP contribution in [-0.4, -0.2) is 48.2 Å². The maximum Gasteiger partial charge on any atom is 0.251 e. The number of halogens is 1. The Morgan fingerprint density at radius 3 is 2.25 bits per heavy atom. The number of carbonyl (C=O) groups excluding carboxylic acids is 1. The first-order valence-corrected chi connectivity index (χ1v) is 10.0. The zero-order valence-electron chi connectivity index (χ0n) is 14.5. The lowest BCUT2D eigenvalue weighted by molar-refractivity contribution is -0.0845. The van der Waals surface area contributed by atoms with Crippen molar-refractivity contribution in [1.82, 2.24) is 10.2 Å². The number of ether oxygens (including phenoxy) is 1. The van der Waals surface area contributed by atoms with Gasteiger partial charge < -0.3 is 10.1 Å². The van der Waals surface area contributed by atoms with Crippen LogP contribution in [0.25, 0.3) is 0 Å². The van der Waals surface area contributed by atoms with Crippen LogP contribution in [0.2, 0.25) is 0 Å². The van der Waals surface area contributed by atoms with Crippen molar-refractivity contribution < 1.29 is 9.53 Å². The molecular formula is C19H27IN2O2. The second-order valence-electron chi connectivity index (χ2n) is 7.20. The molecule has 3 rings (SSSR count). The van der Waals surface area contributed by atoms with Gasteiger partial charge in [0.15, 0.2) is 0 Å². The lowest BCUT2D eigenvalue weighted by atomic mass is 9.89. The monoisotopic (exact) mass is 442 g/mol. The standard InChI is InChI=1S/C19H27IN2O2/c1-13-11-22(12-14(2)24-13)18-9-7-17(8-10-18)21-19(23)15-3-5-16(20)6-4-15/h3-6,13-14,17-18H,7-12H2,1-2H3,(H,21,23)/t13-,14+,17?,18?. The molecule has 1 aliphatic heterocycles. The highest BCUT2D eigenvalue weighted by Gasteiger charge is 2.31. The van der Waals surface area contributed by atoms with Gasteiger partial charge in [0.25, 0.3) is 5.91 Å². The summed E-state index contributed by atoms with van der Waals surface area (Å²) in [6, 6.07) is 8.72. The minimum Gasteiger partial charge on any atom is -0.373 e. The number of morpholine rings is 1. The van der Waals surface area contributed by atoms with Gasteiger partial charge in [-0.3, -0.25) is 9.69 Å². The summed E-state index contributed by atoms with van der Waals surface area (Å²) in [5.74, 6) is 0.0588. The Hall–Kier alpha value is -0.660. The van der Waals surface area contributed by atoms with E-state index in [4.69, 9.17) is 4.74 Å². The maximum atomic E-state index is 12.4. The molecule has 0 unspecified atom stereocenters. The average Bonchev–Trinajstić information content (AvgIpc) is 2.55. The number of nitrogens with one attached hydrogen (secondary N) is 1. The SMILES string of the molecule is C[C@@H]1CN(C2CCC(NC(=O)c3ccc(I)cc3)CC2)C[C@H](C)O1. The average molecular weight is 442 g/mol. The lowest BCUT2D eigenvalue weighted by Gasteiger charge is -2.42. The first-order chi connectivity index (χ1) is 11.5. The summed E-state index contributed by atoms with van der Waals surface area (Å²) >= 11 is 2.26. The summed E-state index contributed by atoms with van der Waals surface area (Å²) in [5.41, 5.74) is 0.758. The molecule has 1 saturated heterocycles. The van der Waals surface area contributed by atoms with Crippen LogP contribution in [0.1, 0.15) is 49.9 Å². The minimum absolute atomic E-state index is 0.0588. The van der Waals surface area contributed by atoms with Crippen molar-refractivity contribution in [2.45, 2.75) is 63.8 Å².